The van der Waals surface area contributed by atoms with E-state index in [0.717, 1.165) is 31.5 Å². The van der Waals surface area contributed by atoms with Crippen LogP contribution in [-0.2, 0) is 12.6 Å². The zero-order valence-electron chi connectivity index (χ0n) is 16.0. The number of aromatic nitrogens is 2. The number of piperidine rings is 1. The van der Waals surface area contributed by atoms with Gasteiger partial charge in [0.15, 0.2) is 0 Å². The van der Waals surface area contributed by atoms with Crippen LogP contribution in [0.25, 0.3) is 11.4 Å². The van der Waals surface area contributed by atoms with Gasteiger partial charge in [0.2, 0.25) is 11.7 Å². The molecule has 1 fully saturated rings. The first-order chi connectivity index (χ1) is 13.9. The van der Waals surface area contributed by atoms with Gasteiger partial charge in [0, 0.05) is 18.7 Å². The summed E-state index contributed by atoms with van der Waals surface area (Å²) >= 11 is 0. The van der Waals surface area contributed by atoms with Crippen LogP contribution < -0.4 is 5.32 Å². The minimum atomic E-state index is -4.41. The molecule has 0 bridgehead atoms. The van der Waals surface area contributed by atoms with Crippen molar-refractivity contribution in [2.24, 2.45) is 0 Å². The number of hydrogen-bond donors (Lipinski definition) is 0. The predicted octanol–water partition coefficient (Wildman–Crippen LogP) is 5.19. The minimum absolute atomic E-state index is 0.0355. The van der Waals surface area contributed by atoms with E-state index in [1.165, 1.54) is 17.2 Å². The third-order valence-corrected chi connectivity index (χ3v) is 5.37. The van der Waals surface area contributed by atoms with Crippen LogP contribution in [0.15, 0.2) is 53.1 Å². The van der Waals surface area contributed by atoms with Crippen molar-refractivity contribution in [1.82, 2.24) is 15.5 Å². The number of nitrogens with zero attached hydrogens (tertiary/aromatic N) is 3. The fraction of sp³-hybridized carbons (Fsp3) is 0.364. The molecule has 0 spiro atoms. The number of rotatable bonds is 4. The van der Waals surface area contributed by atoms with Crippen molar-refractivity contribution < 1.29 is 17.7 Å². The molecule has 0 N–H and O–H groups in total. The van der Waals surface area contributed by atoms with Gasteiger partial charge in [0.05, 0.1) is 11.5 Å². The van der Waals surface area contributed by atoms with E-state index in [1.54, 1.807) is 6.07 Å². The van der Waals surface area contributed by atoms with Crippen LogP contribution in [-0.4, -0.2) is 23.2 Å². The maximum absolute atomic E-state index is 13.0. The number of hydrogen-bond acceptors (Lipinski definition) is 3. The van der Waals surface area contributed by atoms with Crippen LogP contribution in [0.4, 0.5) is 13.2 Å². The summed E-state index contributed by atoms with van der Waals surface area (Å²) in [7, 11) is 0. The predicted molar refractivity (Wildman–Crippen MR) is 103 cm³/mol. The van der Waals surface area contributed by atoms with E-state index in [1.807, 2.05) is 0 Å². The molecule has 2 aromatic carbocycles. The van der Waals surface area contributed by atoms with Crippen molar-refractivity contribution in [3.63, 3.8) is 0 Å². The molecule has 0 saturated carbocycles. The molecule has 2 atom stereocenters. The highest BCUT2D eigenvalue weighted by Gasteiger charge is 2.32. The van der Waals surface area contributed by atoms with Crippen LogP contribution in [0.1, 0.15) is 47.8 Å². The Morgan fingerprint density at radius 1 is 1.03 bits per heavy atom. The number of aryl methyl sites for hydroxylation is 1. The molecule has 4 rings (SSSR count). The second-order valence-electron chi connectivity index (χ2n) is 7.35. The average Bonchev–Trinajstić information content (AvgIpc) is 3.24. The molecule has 151 valence electrons. The lowest BCUT2D eigenvalue weighted by molar-refractivity contribution is -0.137. The standard InChI is InChI=1S/C22H21F3N3O/c1-2-14-6-8-15(9-7-14)17-10-18(13-26-12-17)21-27-20(28-29-21)16-4-3-5-19(11-16)22(23,24)25/h3-9,11,17-18H,2,10,12-13H2,1H3. The van der Waals surface area contributed by atoms with Crippen LogP contribution in [0.5, 0.6) is 0 Å². The quantitative estimate of drug-likeness (QED) is 0.605. The van der Waals surface area contributed by atoms with Crippen molar-refractivity contribution in [1.29, 1.82) is 0 Å². The lowest BCUT2D eigenvalue weighted by Gasteiger charge is -2.27. The molecule has 3 aromatic rings. The monoisotopic (exact) mass is 400 g/mol. The van der Waals surface area contributed by atoms with E-state index in [4.69, 9.17) is 4.52 Å². The molecule has 0 aliphatic carbocycles. The van der Waals surface area contributed by atoms with Gasteiger partial charge in [-0.2, -0.15) is 18.2 Å². The highest BCUT2D eigenvalue weighted by molar-refractivity contribution is 5.55. The van der Waals surface area contributed by atoms with E-state index in [9.17, 15) is 13.2 Å². The Hall–Kier alpha value is -2.67. The lowest BCUT2D eigenvalue weighted by Crippen LogP contribution is -2.29. The normalized spacial score (nSPS) is 20.0. The van der Waals surface area contributed by atoms with Gasteiger partial charge >= 0.3 is 6.18 Å². The third kappa shape index (κ3) is 4.34. The zero-order valence-corrected chi connectivity index (χ0v) is 16.0. The smallest absolute Gasteiger partial charge is 0.339 e. The topological polar surface area (TPSA) is 53.0 Å². The third-order valence-electron chi connectivity index (χ3n) is 5.37. The van der Waals surface area contributed by atoms with E-state index in [2.05, 4.69) is 46.6 Å². The maximum Gasteiger partial charge on any atom is 0.416 e. The van der Waals surface area contributed by atoms with Crippen molar-refractivity contribution in [2.75, 3.05) is 13.1 Å². The first kappa shape index (κ1) is 19.6. The highest BCUT2D eigenvalue weighted by atomic mass is 19.4. The van der Waals surface area contributed by atoms with E-state index in [-0.39, 0.29) is 23.2 Å². The summed E-state index contributed by atoms with van der Waals surface area (Å²) in [4.78, 5) is 4.38. The molecule has 0 amide bonds. The number of halogens is 3. The minimum Gasteiger partial charge on any atom is -0.339 e. The Morgan fingerprint density at radius 3 is 2.52 bits per heavy atom. The van der Waals surface area contributed by atoms with Crippen molar-refractivity contribution >= 4 is 0 Å². The Morgan fingerprint density at radius 2 is 1.79 bits per heavy atom. The van der Waals surface area contributed by atoms with Gasteiger partial charge in [-0.25, -0.2) is 5.32 Å². The molecule has 4 nitrogen and oxygen atoms in total. The van der Waals surface area contributed by atoms with Gasteiger partial charge in [-0.1, -0.05) is 48.5 Å². The SMILES string of the molecule is CCc1ccc(C2C[N]CC(c3nc(-c4cccc(C(F)(F)F)c4)no3)C2)cc1. The molecule has 29 heavy (non-hydrogen) atoms. The summed E-state index contributed by atoms with van der Waals surface area (Å²) < 4.78 is 44.3. The zero-order chi connectivity index (χ0) is 20.4. The molecule has 2 heterocycles. The molecular weight excluding hydrogens is 379 g/mol. The van der Waals surface area contributed by atoms with Crippen LogP contribution in [0.2, 0.25) is 0 Å². The molecule has 1 aromatic heterocycles. The van der Waals surface area contributed by atoms with Crippen molar-refractivity contribution in [2.45, 2.75) is 37.8 Å². The molecular formula is C22H21F3N3O. The second kappa shape index (κ2) is 7.99. The Kier molecular flexibility index (Phi) is 5.41. The number of benzene rings is 2. The van der Waals surface area contributed by atoms with Crippen molar-refractivity contribution in [3.8, 4) is 11.4 Å². The first-order valence-electron chi connectivity index (χ1n) is 9.67. The second-order valence-corrected chi connectivity index (χ2v) is 7.35. The van der Waals surface area contributed by atoms with Gasteiger partial charge in [-0.15, -0.1) is 0 Å². The summed E-state index contributed by atoms with van der Waals surface area (Å²) in [5, 5.41) is 8.50. The van der Waals surface area contributed by atoms with Crippen molar-refractivity contribution in [3.05, 3.63) is 71.1 Å². The van der Waals surface area contributed by atoms with Gasteiger partial charge in [0.25, 0.3) is 0 Å². The molecule has 7 heteroatoms. The summed E-state index contributed by atoms with van der Waals surface area (Å²) in [6.07, 6.45) is -2.59. The van der Waals surface area contributed by atoms with Crippen LogP contribution in [0, 0.1) is 0 Å². The van der Waals surface area contributed by atoms with E-state index >= 15 is 0 Å². The maximum atomic E-state index is 13.0. The summed E-state index contributed by atoms with van der Waals surface area (Å²) in [5.41, 5.74) is 2.08. The molecule has 1 saturated heterocycles. The van der Waals surface area contributed by atoms with Gasteiger partial charge in [-0.05, 0) is 42.0 Å². The van der Waals surface area contributed by atoms with Gasteiger partial charge in [-0.3, -0.25) is 0 Å². The van der Waals surface area contributed by atoms with Crippen LogP contribution in [0.3, 0.4) is 0 Å². The first-order valence-corrected chi connectivity index (χ1v) is 9.67. The fourth-order valence-electron chi connectivity index (χ4n) is 3.68. The molecule has 1 radical (unpaired) electrons. The van der Waals surface area contributed by atoms with E-state index in [0.29, 0.717) is 12.4 Å². The Balaban J connectivity index is 1.51. The Labute approximate surface area is 167 Å². The Bertz CT molecular complexity index is 966. The van der Waals surface area contributed by atoms with E-state index < -0.39 is 11.7 Å². The lowest BCUT2D eigenvalue weighted by atomic mass is 9.85. The molecule has 1 aliphatic heterocycles. The fourth-order valence-corrected chi connectivity index (χ4v) is 3.68. The van der Waals surface area contributed by atoms with Gasteiger partial charge in [0.1, 0.15) is 0 Å². The van der Waals surface area contributed by atoms with Crippen LogP contribution >= 0.6 is 0 Å². The van der Waals surface area contributed by atoms with Gasteiger partial charge < -0.3 is 4.52 Å². The summed E-state index contributed by atoms with van der Waals surface area (Å²) in [6.45, 7) is 3.45. The average molecular weight is 400 g/mol. The summed E-state index contributed by atoms with van der Waals surface area (Å²) in [6, 6.07) is 13.5. The number of alkyl halides is 3. The molecule has 2 unspecified atom stereocenters. The highest BCUT2D eigenvalue weighted by Crippen LogP contribution is 2.34. The molecule has 1 aliphatic rings. The summed E-state index contributed by atoms with van der Waals surface area (Å²) in [5.74, 6) is 0.826. The largest absolute Gasteiger partial charge is 0.416 e.